The number of aromatic carboxylic acids is 1. The summed E-state index contributed by atoms with van der Waals surface area (Å²) in [7, 11) is 0. The maximum atomic E-state index is 10.9. The maximum absolute atomic E-state index is 10.9. The van der Waals surface area contributed by atoms with E-state index in [1.54, 1.807) is 6.92 Å². The SMILES string of the molecule is Cc1oc(CNCC(O)c2ccsc2)cc1C(=O)O. The predicted octanol–water partition coefficient (Wildman–Crippen LogP) is 2.17. The Bertz CT molecular complexity index is 547. The fourth-order valence-corrected chi connectivity index (χ4v) is 2.46. The summed E-state index contributed by atoms with van der Waals surface area (Å²) in [5.41, 5.74) is 1.05. The fourth-order valence-electron chi connectivity index (χ4n) is 1.76. The zero-order valence-corrected chi connectivity index (χ0v) is 11.2. The van der Waals surface area contributed by atoms with E-state index in [4.69, 9.17) is 9.52 Å². The van der Waals surface area contributed by atoms with E-state index in [0.717, 1.165) is 5.56 Å². The minimum Gasteiger partial charge on any atom is -0.478 e. The molecule has 0 amide bonds. The van der Waals surface area contributed by atoms with E-state index in [1.807, 2.05) is 16.8 Å². The van der Waals surface area contributed by atoms with Gasteiger partial charge in [-0.25, -0.2) is 4.79 Å². The third-order valence-electron chi connectivity index (χ3n) is 2.76. The van der Waals surface area contributed by atoms with Crippen molar-refractivity contribution in [3.63, 3.8) is 0 Å². The number of rotatable bonds is 6. The van der Waals surface area contributed by atoms with Crippen molar-refractivity contribution in [1.82, 2.24) is 5.32 Å². The van der Waals surface area contributed by atoms with E-state index in [9.17, 15) is 9.90 Å². The molecule has 102 valence electrons. The van der Waals surface area contributed by atoms with Gasteiger partial charge in [0.2, 0.25) is 0 Å². The molecule has 0 saturated heterocycles. The number of aliphatic hydroxyl groups excluding tert-OH is 1. The first kappa shape index (κ1) is 13.8. The zero-order valence-electron chi connectivity index (χ0n) is 10.4. The van der Waals surface area contributed by atoms with Crippen LogP contribution in [0.15, 0.2) is 27.3 Å². The zero-order chi connectivity index (χ0) is 13.8. The fraction of sp³-hybridized carbons (Fsp3) is 0.308. The van der Waals surface area contributed by atoms with Crippen LogP contribution < -0.4 is 5.32 Å². The largest absolute Gasteiger partial charge is 0.478 e. The van der Waals surface area contributed by atoms with Crippen molar-refractivity contribution in [3.8, 4) is 0 Å². The number of furan rings is 1. The lowest BCUT2D eigenvalue weighted by molar-refractivity contribution is 0.0695. The van der Waals surface area contributed by atoms with Crippen molar-refractivity contribution in [1.29, 1.82) is 0 Å². The minimum atomic E-state index is -0.995. The molecule has 0 fully saturated rings. The first-order valence-electron chi connectivity index (χ1n) is 5.81. The monoisotopic (exact) mass is 281 g/mol. The smallest absolute Gasteiger partial charge is 0.339 e. The van der Waals surface area contributed by atoms with Gasteiger partial charge in [-0.15, -0.1) is 0 Å². The van der Waals surface area contributed by atoms with Gasteiger partial charge in [-0.1, -0.05) is 0 Å². The average Bonchev–Trinajstić information content (AvgIpc) is 2.98. The van der Waals surface area contributed by atoms with E-state index >= 15 is 0 Å². The molecule has 0 aliphatic heterocycles. The molecule has 1 atom stereocenters. The summed E-state index contributed by atoms with van der Waals surface area (Å²) in [5, 5.41) is 25.6. The summed E-state index contributed by atoms with van der Waals surface area (Å²) < 4.78 is 5.33. The lowest BCUT2D eigenvalue weighted by Gasteiger charge is -2.09. The Morgan fingerprint density at radius 2 is 2.37 bits per heavy atom. The summed E-state index contributed by atoms with van der Waals surface area (Å²) in [5.74, 6) is -0.0547. The van der Waals surface area contributed by atoms with Gasteiger partial charge in [0.25, 0.3) is 0 Å². The van der Waals surface area contributed by atoms with Crippen molar-refractivity contribution in [3.05, 3.63) is 45.5 Å². The molecule has 19 heavy (non-hydrogen) atoms. The van der Waals surface area contributed by atoms with Gasteiger partial charge >= 0.3 is 5.97 Å². The molecule has 0 saturated carbocycles. The first-order chi connectivity index (χ1) is 9.08. The van der Waals surface area contributed by atoms with Gasteiger partial charge in [0, 0.05) is 6.54 Å². The number of thiophene rings is 1. The summed E-state index contributed by atoms with van der Waals surface area (Å²) in [6.07, 6.45) is -0.568. The van der Waals surface area contributed by atoms with Crippen LogP contribution in [-0.4, -0.2) is 22.7 Å². The van der Waals surface area contributed by atoms with Gasteiger partial charge in [0.05, 0.1) is 12.6 Å². The Labute approximate surface area is 114 Å². The van der Waals surface area contributed by atoms with E-state index in [-0.39, 0.29) is 5.56 Å². The molecule has 0 aromatic carbocycles. The summed E-state index contributed by atoms with van der Waals surface area (Å²) >= 11 is 1.53. The van der Waals surface area contributed by atoms with E-state index < -0.39 is 12.1 Å². The van der Waals surface area contributed by atoms with Gasteiger partial charge in [0.15, 0.2) is 0 Å². The van der Waals surface area contributed by atoms with Gasteiger partial charge in [0.1, 0.15) is 17.1 Å². The molecule has 0 spiro atoms. The highest BCUT2D eigenvalue weighted by Crippen LogP contribution is 2.16. The molecular weight excluding hydrogens is 266 g/mol. The summed E-state index contributed by atoms with van der Waals surface area (Å²) in [6.45, 7) is 2.39. The molecule has 0 aliphatic rings. The number of nitrogens with one attached hydrogen (secondary N) is 1. The Hall–Kier alpha value is -1.63. The molecule has 2 heterocycles. The van der Waals surface area contributed by atoms with Crippen LogP contribution in [0.3, 0.4) is 0 Å². The summed E-state index contributed by atoms with van der Waals surface area (Å²) in [4.78, 5) is 10.9. The molecular formula is C13H15NO4S. The standard InChI is InChI=1S/C13H15NO4S/c1-8-11(13(16)17)4-10(18-8)5-14-6-12(15)9-2-3-19-7-9/h2-4,7,12,14-15H,5-6H2,1H3,(H,16,17). The molecule has 1 unspecified atom stereocenters. The number of hydrogen-bond donors (Lipinski definition) is 3. The van der Waals surface area contributed by atoms with Gasteiger partial charge < -0.3 is 19.9 Å². The lowest BCUT2D eigenvalue weighted by atomic mass is 10.2. The minimum absolute atomic E-state index is 0.176. The Morgan fingerprint density at radius 1 is 1.58 bits per heavy atom. The van der Waals surface area contributed by atoms with Crippen LogP contribution in [0.5, 0.6) is 0 Å². The van der Waals surface area contributed by atoms with E-state index in [1.165, 1.54) is 17.4 Å². The van der Waals surface area contributed by atoms with Crippen molar-refractivity contribution >= 4 is 17.3 Å². The van der Waals surface area contributed by atoms with Crippen LogP contribution in [0.1, 0.15) is 33.5 Å². The Kier molecular flexibility index (Phi) is 4.36. The highest BCUT2D eigenvalue weighted by Gasteiger charge is 2.14. The van der Waals surface area contributed by atoms with Crippen LogP contribution in [0.2, 0.25) is 0 Å². The lowest BCUT2D eigenvalue weighted by Crippen LogP contribution is -2.20. The number of hydrogen-bond acceptors (Lipinski definition) is 5. The molecule has 2 aromatic rings. The molecule has 3 N–H and O–H groups in total. The number of carbonyl (C=O) groups is 1. The molecule has 0 aliphatic carbocycles. The van der Waals surface area contributed by atoms with Crippen LogP contribution in [0.4, 0.5) is 0 Å². The van der Waals surface area contributed by atoms with E-state index in [0.29, 0.717) is 24.6 Å². The normalized spacial score (nSPS) is 12.5. The number of aliphatic hydroxyl groups is 1. The van der Waals surface area contributed by atoms with Crippen LogP contribution in [-0.2, 0) is 6.54 Å². The van der Waals surface area contributed by atoms with Gasteiger partial charge in [-0.05, 0) is 35.4 Å². The molecule has 2 aromatic heterocycles. The Balaban J connectivity index is 1.86. The Morgan fingerprint density at radius 3 is 2.95 bits per heavy atom. The van der Waals surface area contributed by atoms with Crippen LogP contribution in [0, 0.1) is 6.92 Å². The number of carboxylic acid groups (broad SMARTS) is 1. The number of aryl methyl sites for hydroxylation is 1. The molecule has 6 heteroatoms. The average molecular weight is 281 g/mol. The van der Waals surface area contributed by atoms with Crippen LogP contribution in [0.25, 0.3) is 0 Å². The van der Waals surface area contributed by atoms with Gasteiger partial charge in [-0.3, -0.25) is 0 Å². The second kappa shape index (κ2) is 6.01. The topological polar surface area (TPSA) is 82.7 Å². The molecule has 0 bridgehead atoms. The molecule has 5 nitrogen and oxygen atoms in total. The predicted molar refractivity (Wildman–Crippen MR) is 71.4 cm³/mol. The second-order valence-corrected chi connectivity index (χ2v) is 4.97. The molecule has 0 radical (unpaired) electrons. The second-order valence-electron chi connectivity index (χ2n) is 4.19. The van der Waals surface area contributed by atoms with Crippen molar-refractivity contribution in [2.75, 3.05) is 6.54 Å². The van der Waals surface area contributed by atoms with Crippen molar-refractivity contribution < 1.29 is 19.4 Å². The number of carboxylic acids is 1. The highest BCUT2D eigenvalue weighted by molar-refractivity contribution is 7.07. The first-order valence-corrected chi connectivity index (χ1v) is 6.75. The van der Waals surface area contributed by atoms with Crippen molar-refractivity contribution in [2.45, 2.75) is 19.6 Å². The van der Waals surface area contributed by atoms with Gasteiger partial charge in [-0.2, -0.15) is 11.3 Å². The van der Waals surface area contributed by atoms with E-state index in [2.05, 4.69) is 5.32 Å². The third kappa shape index (κ3) is 3.44. The third-order valence-corrected chi connectivity index (χ3v) is 3.47. The highest BCUT2D eigenvalue weighted by atomic mass is 32.1. The van der Waals surface area contributed by atoms with Crippen molar-refractivity contribution in [2.24, 2.45) is 0 Å². The maximum Gasteiger partial charge on any atom is 0.339 e. The summed E-state index contributed by atoms with van der Waals surface area (Å²) in [6, 6.07) is 3.37. The molecule has 2 rings (SSSR count). The van der Waals surface area contributed by atoms with Crippen LogP contribution >= 0.6 is 11.3 Å². The quantitative estimate of drug-likeness (QED) is 0.756.